The molecule has 0 radical (unpaired) electrons. The Morgan fingerprint density at radius 3 is 2.56 bits per heavy atom. The smallest absolute Gasteiger partial charge is 0.230 e. The second-order valence-electron chi connectivity index (χ2n) is 4.98. The van der Waals surface area contributed by atoms with Gasteiger partial charge < -0.3 is 4.90 Å². The summed E-state index contributed by atoms with van der Waals surface area (Å²) >= 11 is 0. The lowest BCUT2D eigenvalue weighted by atomic mass is 9.98. The molecule has 0 N–H and O–H groups in total. The van der Waals surface area contributed by atoms with Gasteiger partial charge in [0.05, 0.1) is 5.92 Å². The number of carbonyl (C=O) groups excluding carboxylic acids is 1. The highest BCUT2D eigenvalue weighted by molar-refractivity contribution is 5.85. The summed E-state index contributed by atoms with van der Waals surface area (Å²) in [5.74, 6) is 1.27. The predicted octanol–water partition coefficient (Wildman–Crippen LogP) is 2.41. The number of benzene rings is 1. The lowest BCUT2D eigenvalue weighted by Gasteiger charge is -2.16. The molecule has 2 heteroatoms. The highest BCUT2D eigenvalue weighted by atomic mass is 16.2. The van der Waals surface area contributed by atoms with E-state index in [1.54, 1.807) is 0 Å². The molecule has 0 aromatic heterocycles. The fourth-order valence-electron chi connectivity index (χ4n) is 2.53. The van der Waals surface area contributed by atoms with Gasteiger partial charge in [0.25, 0.3) is 0 Å². The van der Waals surface area contributed by atoms with Crippen LogP contribution in [0.3, 0.4) is 0 Å². The van der Waals surface area contributed by atoms with Gasteiger partial charge in [0.15, 0.2) is 0 Å². The lowest BCUT2D eigenvalue weighted by Crippen LogP contribution is -2.28. The molecule has 0 bridgehead atoms. The predicted molar refractivity (Wildman–Crippen MR) is 63.1 cm³/mol. The van der Waals surface area contributed by atoms with Crippen LogP contribution >= 0.6 is 0 Å². The molecule has 1 amide bonds. The average molecular weight is 215 g/mol. The van der Waals surface area contributed by atoms with E-state index in [0.717, 1.165) is 25.4 Å². The number of likely N-dealkylation sites (tertiary alicyclic amines) is 1. The highest BCUT2D eigenvalue weighted by Gasteiger charge is 2.35. The molecule has 16 heavy (non-hydrogen) atoms. The van der Waals surface area contributed by atoms with E-state index >= 15 is 0 Å². The van der Waals surface area contributed by atoms with Crippen molar-refractivity contribution in [2.24, 2.45) is 5.92 Å². The Bertz CT molecular complexity index is 383. The van der Waals surface area contributed by atoms with Crippen molar-refractivity contribution in [1.82, 2.24) is 4.90 Å². The van der Waals surface area contributed by atoms with Gasteiger partial charge in [0, 0.05) is 13.1 Å². The lowest BCUT2D eigenvalue weighted by molar-refractivity contribution is -0.129. The molecule has 1 saturated heterocycles. The summed E-state index contributed by atoms with van der Waals surface area (Å²) in [6, 6.07) is 10.2. The van der Waals surface area contributed by atoms with Crippen LogP contribution in [-0.4, -0.2) is 23.9 Å². The monoisotopic (exact) mass is 215 g/mol. The summed E-state index contributed by atoms with van der Waals surface area (Å²) in [4.78, 5) is 14.3. The zero-order valence-electron chi connectivity index (χ0n) is 9.43. The number of rotatable bonds is 3. The first-order chi connectivity index (χ1) is 7.84. The molecule has 3 rings (SSSR count). The van der Waals surface area contributed by atoms with Gasteiger partial charge in [0.1, 0.15) is 0 Å². The number of carbonyl (C=O) groups is 1. The van der Waals surface area contributed by atoms with Crippen molar-refractivity contribution in [3.8, 4) is 0 Å². The third-order valence-electron chi connectivity index (χ3n) is 3.67. The first-order valence-electron chi connectivity index (χ1n) is 6.18. The minimum absolute atomic E-state index is 0.125. The van der Waals surface area contributed by atoms with Gasteiger partial charge in [-0.25, -0.2) is 0 Å². The molecule has 1 aliphatic heterocycles. The summed E-state index contributed by atoms with van der Waals surface area (Å²) in [6.07, 6.45) is 3.63. The maximum atomic E-state index is 12.2. The van der Waals surface area contributed by atoms with E-state index in [4.69, 9.17) is 0 Å². The number of nitrogens with zero attached hydrogens (tertiary/aromatic N) is 1. The van der Waals surface area contributed by atoms with Crippen LogP contribution < -0.4 is 0 Å². The van der Waals surface area contributed by atoms with E-state index in [1.807, 2.05) is 18.2 Å². The van der Waals surface area contributed by atoms with Crippen molar-refractivity contribution < 1.29 is 4.79 Å². The van der Waals surface area contributed by atoms with Gasteiger partial charge in [-0.05, 0) is 30.7 Å². The molecule has 1 atom stereocenters. The van der Waals surface area contributed by atoms with E-state index in [1.165, 1.54) is 18.4 Å². The largest absolute Gasteiger partial charge is 0.342 e. The topological polar surface area (TPSA) is 20.3 Å². The summed E-state index contributed by atoms with van der Waals surface area (Å²) in [6.45, 7) is 1.96. The first kappa shape index (κ1) is 9.88. The van der Waals surface area contributed by atoms with Crippen molar-refractivity contribution >= 4 is 5.91 Å². The number of hydrogen-bond acceptors (Lipinski definition) is 1. The van der Waals surface area contributed by atoms with Crippen LogP contribution in [0.25, 0.3) is 0 Å². The Hall–Kier alpha value is -1.31. The molecule has 1 aliphatic carbocycles. The Kier molecular flexibility index (Phi) is 2.43. The maximum Gasteiger partial charge on any atom is 0.230 e. The number of amides is 1. The first-order valence-corrected chi connectivity index (χ1v) is 6.18. The quantitative estimate of drug-likeness (QED) is 0.758. The average Bonchev–Trinajstić information content (AvgIpc) is 3.06. The van der Waals surface area contributed by atoms with Crippen LogP contribution in [0.15, 0.2) is 30.3 Å². The molecule has 1 heterocycles. The van der Waals surface area contributed by atoms with Crippen molar-refractivity contribution in [2.45, 2.75) is 25.2 Å². The van der Waals surface area contributed by atoms with Crippen LogP contribution in [-0.2, 0) is 4.79 Å². The Labute approximate surface area is 96.3 Å². The molecule has 1 unspecified atom stereocenters. The molecular formula is C14H17NO. The second kappa shape index (κ2) is 3.93. The van der Waals surface area contributed by atoms with Gasteiger partial charge in [0.2, 0.25) is 5.91 Å². The minimum atomic E-state index is 0.125. The van der Waals surface area contributed by atoms with Gasteiger partial charge in [-0.3, -0.25) is 4.79 Å². The van der Waals surface area contributed by atoms with E-state index in [0.29, 0.717) is 5.91 Å². The van der Waals surface area contributed by atoms with Crippen LogP contribution in [0.2, 0.25) is 0 Å². The Morgan fingerprint density at radius 1 is 1.12 bits per heavy atom. The summed E-state index contributed by atoms with van der Waals surface area (Å²) in [5, 5.41) is 0. The minimum Gasteiger partial charge on any atom is -0.342 e. The normalized spacial score (nSPS) is 25.1. The zero-order valence-corrected chi connectivity index (χ0v) is 9.43. The molecule has 2 aliphatic rings. The molecule has 1 aromatic carbocycles. The van der Waals surface area contributed by atoms with Gasteiger partial charge >= 0.3 is 0 Å². The summed E-state index contributed by atoms with van der Waals surface area (Å²) < 4.78 is 0. The van der Waals surface area contributed by atoms with Crippen LogP contribution in [0, 0.1) is 5.92 Å². The highest BCUT2D eigenvalue weighted by Crippen LogP contribution is 2.34. The van der Waals surface area contributed by atoms with E-state index in [9.17, 15) is 4.79 Å². The Morgan fingerprint density at radius 2 is 1.88 bits per heavy atom. The van der Waals surface area contributed by atoms with E-state index < -0.39 is 0 Å². The van der Waals surface area contributed by atoms with E-state index in [2.05, 4.69) is 17.0 Å². The summed E-state index contributed by atoms with van der Waals surface area (Å²) in [5.41, 5.74) is 1.19. The molecule has 0 spiro atoms. The Balaban J connectivity index is 1.71. The van der Waals surface area contributed by atoms with Crippen molar-refractivity contribution in [2.75, 3.05) is 13.1 Å². The summed E-state index contributed by atoms with van der Waals surface area (Å²) in [7, 11) is 0. The van der Waals surface area contributed by atoms with Crippen molar-refractivity contribution in [3.63, 3.8) is 0 Å². The standard InChI is InChI=1S/C14H17NO/c16-14-13(12-4-2-1-3-5-12)8-9-15(14)10-11-6-7-11/h1-5,11,13H,6-10H2. The van der Waals surface area contributed by atoms with Crippen molar-refractivity contribution in [1.29, 1.82) is 0 Å². The zero-order chi connectivity index (χ0) is 11.0. The van der Waals surface area contributed by atoms with Gasteiger partial charge in [-0.15, -0.1) is 0 Å². The molecule has 2 nitrogen and oxygen atoms in total. The third kappa shape index (κ3) is 1.84. The van der Waals surface area contributed by atoms with E-state index in [-0.39, 0.29) is 5.92 Å². The molecule has 1 aromatic rings. The fourth-order valence-corrected chi connectivity index (χ4v) is 2.53. The van der Waals surface area contributed by atoms with Crippen LogP contribution in [0.1, 0.15) is 30.7 Å². The maximum absolute atomic E-state index is 12.2. The number of hydrogen-bond donors (Lipinski definition) is 0. The SMILES string of the molecule is O=C1C(c2ccccc2)CCN1CC1CC1. The fraction of sp³-hybridized carbons (Fsp3) is 0.500. The van der Waals surface area contributed by atoms with Crippen molar-refractivity contribution in [3.05, 3.63) is 35.9 Å². The molecule has 2 fully saturated rings. The molecule has 84 valence electrons. The van der Waals surface area contributed by atoms with Crippen LogP contribution in [0.5, 0.6) is 0 Å². The van der Waals surface area contributed by atoms with Crippen LogP contribution in [0.4, 0.5) is 0 Å². The van der Waals surface area contributed by atoms with Gasteiger partial charge in [-0.1, -0.05) is 30.3 Å². The molecule has 1 saturated carbocycles. The second-order valence-corrected chi connectivity index (χ2v) is 4.98. The van der Waals surface area contributed by atoms with Gasteiger partial charge in [-0.2, -0.15) is 0 Å². The third-order valence-corrected chi connectivity index (χ3v) is 3.67. The molecular weight excluding hydrogens is 198 g/mol.